The smallest absolute Gasteiger partial charge is 0.334 e. The van der Waals surface area contributed by atoms with Gasteiger partial charge in [0.05, 0.1) is 23.1 Å². The fraction of sp³-hybridized carbons (Fsp3) is 0.280. The lowest BCUT2D eigenvalue weighted by atomic mass is 9.78. The van der Waals surface area contributed by atoms with Crippen LogP contribution >= 0.6 is 0 Å². The number of nitrogens with one attached hydrogen (secondary N) is 1. The summed E-state index contributed by atoms with van der Waals surface area (Å²) in [5.74, 6) is -2.31. The highest BCUT2D eigenvalue weighted by Gasteiger charge is 2.45. The zero-order valence-electron chi connectivity index (χ0n) is 19.7. The van der Waals surface area contributed by atoms with E-state index in [-0.39, 0.29) is 23.0 Å². The summed E-state index contributed by atoms with van der Waals surface area (Å²) < 4.78 is 81.6. The van der Waals surface area contributed by atoms with Gasteiger partial charge in [0.2, 0.25) is 5.91 Å². The quantitative estimate of drug-likeness (QED) is 0.449. The molecule has 0 saturated heterocycles. The van der Waals surface area contributed by atoms with Crippen molar-refractivity contribution in [3.63, 3.8) is 0 Å². The molecule has 0 fully saturated rings. The van der Waals surface area contributed by atoms with E-state index in [1.807, 2.05) is 0 Å². The van der Waals surface area contributed by atoms with Crippen molar-refractivity contribution in [1.82, 2.24) is 14.9 Å². The number of nitrogens with zero attached hydrogens (tertiary/aromatic N) is 3. The van der Waals surface area contributed by atoms with Crippen LogP contribution in [0.25, 0.3) is 0 Å². The number of alkyl halides is 6. The minimum Gasteiger partial charge on any atom is -0.334 e. The Morgan fingerprint density at radius 2 is 1.51 bits per heavy atom. The largest absolute Gasteiger partial charge is 0.416 e. The van der Waals surface area contributed by atoms with Crippen LogP contribution in [0.2, 0.25) is 0 Å². The minimum absolute atomic E-state index is 0.00359. The molecule has 37 heavy (non-hydrogen) atoms. The molecule has 1 N–H and O–H groups in total. The molecule has 1 aliphatic rings. The molecular weight excluding hydrogens is 502 g/mol. The predicted octanol–water partition coefficient (Wildman–Crippen LogP) is 5.68. The van der Waals surface area contributed by atoms with Crippen LogP contribution in [0.5, 0.6) is 0 Å². The van der Waals surface area contributed by atoms with Gasteiger partial charge in [-0.05, 0) is 49.2 Å². The number of hydrogen-bond donors (Lipinski definition) is 1. The maximum absolute atomic E-state index is 13.6. The average Bonchev–Trinajstić information content (AvgIpc) is 2.79. The summed E-state index contributed by atoms with van der Waals surface area (Å²) in [7, 11) is 1.23. The van der Waals surface area contributed by atoms with Crippen molar-refractivity contribution >= 4 is 17.6 Å². The molecule has 2 aromatic carbocycles. The van der Waals surface area contributed by atoms with Crippen molar-refractivity contribution in [3.8, 4) is 0 Å². The van der Waals surface area contributed by atoms with E-state index < -0.39 is 52.8 Å². The van der Waals surface area contributed by atoms with Crippen molar-refractivity contribution in [2.24, 2.45) is 0 Å². The molecular formula is C25H20F6N4O2. The fourth-order valence-electron chi connectivity index (χ4n) is 4.51. The van der Waals surface area contributed by atoms with Gasteiger partial charge in [0.1, 0.15) is 11.6 Å². The van der Waals surface area contributed by atoms with E-state index in [4.69, 9.17) is 0 Å². The molecule has 0 bridgehead atoms. The second-order valence-electron chi connectivity index (χ2n) is 8.70. The maximum Gasteiger partial charge on any atom is 0.416 e. The number of carbonyl (C=O) groups excluding carboxylic acids is 2. The first-order valence-corrected chi connectivity index (χ1v) is 11.0. The van der Waals surface area contributed by atoms with Gasteiger partial charge in [-0.25, -0.2) is 9.97 Å². The van der Waals surface area contributed by atoms with Gasteiger partial charge in [0.15, 0.2) is 0 Å². The van der Waals surface area contributed by atoms with Crippen molar-refractivity contribution in [1.29, 1.82) is 0 Å². The van der Waals surface area contributed by atoms with Crippen LogP contribution in [-0.2, 0) is 17.1 Å². The van der Waals surface area contributed by atoms with Crippen LogP contribution in [-0.4, -0.2) is 33.7 Å². The van der Waals surface area contributed by atoms with Gasteiger partial charge in [-0.3, -0.25) is 9.59 Å². The number of halogens is 6. The topological polar surface area (TPSA) is 75.2 Å². The number of aryl methyl sites for hydroxylation is 2. The summed E-state index contributed by atoms with van der Waals surface area (Å²) in [5.41, 5.74) is -2.76. The second-order valence-corrected chi connectivity index (χ2v) is 8.70. The Labute approximate surface area is 207 Å². The summed E-state index contributed by atoms with van der Waals surface area (Å²) in [6.07, 6.45) is -10.2. The summed E-state index contributed by atoms with van der Waals surface area (Å²) in [5, 5.41) is 2.59. The highest BCUT2D eigenvalue weighted by Crippen LogP contribution is 2.45. The monoisotopic (exact) mass is 522 g/mol. The first-order chi connectivity index (χ1) is 17.2. The van der Waals surface area contributed by atoms with Gasteiger partial charge in [-0.1, -0.05) is 18.2 Å². The van der Waals surface area contributed by atoms with Crippen molar-refractivity contribution in [3.05, 3.63) is 87.9 Å². The predicted molar refractivity (Wildman–Crippen MR) is 121 cm³/mol. The molecule has 1 aliphatic heterocycles. The van der Waals surface area contributed by atoms with E-state index in [1.165, 1.54) is 31.3 Å². The first kappa shape index (κ1) is 26.1. The lowest BCUT2D eigenvalue weighted by molar-refractivity contribution is -0.143. The Balaban J connectivity index is 1.91. The fourth-order valence-corrected chi connectivity index (χ4v) is 4.51. The molecule has 12 heteroatoms. The molecule has 1 aromatic heterocycles. The highest BCUT2D eigenvalue weighted by atomic mass is 19.4. The number of amides is 2. The van der Waals surface area contributed by atoms with Crippen LogP contribution in [0.1, 0.15) is 56.1 Å². The Morgan fingerprint density at radius 1 is 0.919 bits per heavy atom. The van der Waals surface area contributed by atoms with E-state index in [2.05, 4.69) is 15.3 Å². The second kappa shape index (κ2) is 9.16. The SMILES string of the molecule is Cc1cc(NC(=O)C2c3ccccc3C(=O)N(C)C2c2cc(C(F)(F)F)cc(C(F)(F)F)c2)nc(C)n1. The minimum atomic E-state index is -5.10. The average molecular weight is 522 g/mol. The lowest BCUT2D eigenvalue weighted by Gasteiger charge is -2.40. The normalized spacial score (nSPS) is 18.0. The number of benzene rings is 2. The van der Waals surface area contributed by atoms with Gasteiger partial charge < -0.3 is 10.2 Å². The number of rotatable bonds is 3. The van der Waals surface area contributed by atoms with E-state index in [0.29, 0.717) is 23.7 Å². The Morgan fingerprint density at radius 3 is 2.08 bits per heavy atom. The lowest BCUT2D eigenvalue weighted by Crippen LogP contribution is -2.44. The van der Waals surface area contributed by atoms with Crippen molar-refractivity contribution in [2.45, 2.75) is 38.2 Å². The molecule has 6 nitrogen and oxygen atoms in total. The van der Waals surface area contributed by atoms with E-state index in [9.17, 15) is 35.9 Å². The molecule has 194 valence electrons. The third kappa shape index (κ3) is 5.13. The van der Waals surface area contributed by atoms with Crippen LogP contribution in [0.15, 0.2) is 48.5 Å². The van der Waals surface area contributed by atoms with Crippen LogP contribution in [0.3, 0.4) is 0 Å². The summed E-state index contributed by atoms with van der Waals surface area (Å²) in [6, 6.07) is 7.04. The molecule has 2 heterocycles. The molecule has 2 atom stereocenters. The molecule has 2 unspecified atom stereocenters. The molecule has 2 amide bonds. The Bertz CT molecular complexity index is 1330. The third-order valence-corrected chi connectivity index (χ3v) is 6.03. The van der Waals surface area contributed by atoms with E-state index >= 15 is 0 Å². The van der Waals surface area contributed by atoms with Gasteiger partial charge in [0.25, 0.3) is 5.91 Å². The van der Waals surface area contributed by atoms with Crippen LogP contribution < -0.4 is 5.32 Å². The third-order valence-electron chi connectivity index (χ3n) is 6.03. The maximum atomic E-state index is 13.6. The zero-order chi connectivity index (χ0) is 27.3. The number of anilines is 1. The molecule has 3 aromatic rings. The molecule has 0 radical (unpaired) electrons. The number of aromatic nitrogens is 2. The standard InChI is InChI=1S/C25H20F6N4O2/c1-12-8-19(33-13(2)32-12)34-22(36)20-17-6-4-5-7-18(17)23(37)35(3)21(20)14-9-15(24(26,27)28)11-16(10-14)25(29,30)31/h4-11,20-21H,1-3H3,(H,32,33,34,36). The van der Waals surface area contributed by atoms with Crippen LogP contribution in [0.4, 0.5) is 32.2 Å². The van der Waals surface area contributed by atoms with Gasteiger partial charge in [0, 0.05) is 24.4 Å². The van der Waals surface area contributed by atoms with Gasteiger partial charge in [-0.15, -0.1) is 0 Å². The summed E-state index contributed by atoms with van der Waals surface area (Å²) in [4.78, 5) is 35.9. The Kier molecular flexibility index (Phi) is 6.47. The summed E-state index contributed by atoms with van der Waals surface area (Å²) >= 11 is 0. The van der Waals surface area contributed by atoms with E-state index in [0.717, 1.165) is 4.90 Å². The molecule has 0 aliphatic carbocycles. The highest BCUT2D eigenvalue weighted by molar-refractivity contribution is 6.04. The Hall–Kier alpha value is -3.96. The molecule has 0 spiro atoms. The molecule has 0 saturated carbocycles. The molecule has 4 rings (SSSR count). The zero-order valence-corrected chi connectivity index (χ0v) is 19.7. The van der Waals surface area contributed by atoms with Gasteiger partial charge in [-0.2, -0.15) is 26.3 Å². The number of likely N-dealkylation sites (N-methyl/N-ethyl adjacent to an activating group) is 1. The van der Waals surface area contributed by atoms with Crippen molar-refractivity contribution in [2.75, 3.05) is 12.4 Å². The number of hydrogen-bond acceptors (Lipinski definition) is 4. The first-order valence-electron chi connectivity index (χ1n) is 11.0. The summed E-state index contributed by atoms with van der Waals surface area (Å²) in [6.45, 7) is 3.26. The van der Waals surface area contributed by atoms with Gasteiger partial charge >= 0.3 is 12.4 Å². The van der Waals surface area contributed by atoms with Crippen LogP contribution in [0, 0.1) is 13.8 Å². The van der Waals surface area contributed by atoms with E-state index in [1.54, 1.807) is 19.9 Å². The number of fused-ring (bicyclic) bond motifs is 1. The van der Waals surface area contributed by atoms with Crippen molar-refractivity contribution < 1.29 is 35.9 Å². The number of carbonyl (C=O) groups is 2.